The van der Waals surface area contributed by atoms with Gasteiger partial charge < -0.3 is 32.9 Å². The summed E-state index contributed by atoms with van der Waals surface area (Å²) in [5.41, 5.74) is 19.8. The molecule has 3 rings (SSSR count). The fourth-order valence-electron chi connectivity index (χ4n) is 4.16. The van der Waals surface area contributed by atoms with Gasteiger partial charge in [-0.25, -0.2) is 4.99 Å². The molecule has 0 saturated heterocycles. The highest BCUT2D eigenvalue weighted by atomic mass is 16.4. The van der Waals surface area contributed by atoms with Crippen LogP contribution in [0.25, 0.3) is 0 Å². The van der Waals surface area contributed by atoms with Gasteiger partial charge in [-0.3, -0.25) is 24.7 Å². The maximum atomic E-state index is 13.7. The van der Waals surface area contributed by atoms with Crippen LogP contribution in [0.4, 0.5) is 0 Å². The monoisotopic (exact) mass is 613 g/mol. The number of amides is 2. The lowest BCUT2D eigenvalue weighted by atomic mass is 9.90. The van der Waals surface area contributed by atoms with E-state index in [0.29, 0.717) is 25.9 Å². The van der Waals surface area contributed by atoms with Crippen molar-refractivity contribution in [3.63, 3.8) is 0 Å². The number of rotatable bonds is 13. The number of nitrogens with zero attached hydrogens (tertiary/aromatic N) is 3. The zero-order valence-electron chi connectivity index (χ0n) is 25.0. The number of nitrogens with one attached hydrogen (secondary N) is 3. The van der Waals surface area contributed by atoms with E-state index < -0.39 is 17.9 Å². The predicted molar refractivity (Wildman–Crippen MR) is 172 cm³/mol. The fraction of sp³-hybridized carbons (Fsp3) is 0.250. The third-order valence-corrected chi connectivity index (χ3v) is 6.21. The smallest absolute Gasteiger partial charge is 0.300 e. The Labute approximate surface area is 262 Å². The fourth-order valence-corrected chi connectivity index (χ4v) is 4.16. The molecule has 0 aliphatic rings. The van der Waals surface area contributed by atoms with Gasteiger partial charge in [0.1, 0.15) is 6.04 Å². The minimum atomic E-state index is -0.833. The maximum Gasteiger partial charge on any atom is 0.300 e. The highest BCUT2D eigenvalue weighted by Crippen LogP contribution is 2.25. The average molecular weight is 614 g/mol. The molecular weight excluding hydrogens is 574 g/mol. The molecule has 0 spiro atoms. The number of nitrogens with two attached hydrogens (primary N) is 3. The van der Waals surface area contributed by atoms with E-state index in [0.717, 1.165) is 29.2 Å². The average Bonchev–Trinajstić information content (AvgIpc) is 3.02. The standard InChI is InChI=1S/C30H35N9O2.C2H4O2/c31-20-38-30(34)37-19-22-15-13-21(14-16-22)18-36-27(40)25(12-7-17-35-29(32)33)39-28(41)26(23-8-3-1-4-9-23)24-10-5-2-6-11-24;1-2(3)4/h1-6,8-11,13-16,25-26H,7,12,17-19H2,(H,36,40)(H,39,41)(H4,32,33,35)(H3,34,37,38);1H3,(H,3,4)/t25-;/m1./s1. The van der Waals surface area contributed by atoms with E-state index in [1.807, 2.05) is 84.9 Å². The summed E-state index contributed by atoms with van der Waals surface area (Å²) in [6.07, 6.45) is 2.56. The number of carboxylic acid groups (broad SMARTS) is 1. The number of aliphatic imine (C=N–C) groups is 2. The molecule has 3 aromatic rings. The van der Waals surface area contributed by atoms with Crippen LogP contribution in [-0.4, -0.2) is 47.4 Å². The second-order valence-corrected chi connectivity index (χ2v) is 9.76. The van der Waals surface area contributed by atoms with Crippen LogP contribution < -0.4 is 33.2 Å². The normalized spacial score (nSPS) is 11.2. The van der Waals surface area contributed by atoms with Crippen LogP contribution in [0.5, 0.6) is 0 Å². The summed E-state index contributed by atoms with van der Waals surface area (Å²) < 4.78 is 0. The lowest BCUT2D eigenvalue weighted by Gasteiger charge is -2.23. The van der Waals surface area contributed by atoms with E-state index in [-0.39, 0.29) is 30.3 Å². The van der Waals surface area contributed by atoms with Gasteiger partial charge in [0.15, 0.2) is 12.2 Å². The number of hydrogen-bond acceptors (Lipinski definition) is 6. The number of guanidine groups is 2. The summed E-state index contributed by atoms with van der Waals surface area (Å²) >= 11 is 0. The second-order valence-electron chi connectivity index (χ2n) is 9.76. The number of nitriles is 1. The van der Waals surface area contributed by atoms with Gasteiger partial charge in [0, 0.05) is 20.0 Å². The third kappa shape index (κ3) is 13.7. The Kier molecular flexibility index (Phi) is 15.2. The summed E-state index contributed by atoms with van der Waals surface area (Å²) in [4.78, 5) is 44.0. The Bertz CT molecular complexity index is 1420. The minimum absolute atomic E-state index is 0.0265. The Morgan fingerprint density at radius 2 is 1.38 bits per heavy atom. The SMILES string of the molecule is CC(=O)O.N#CNC(N)=NCc1ccc(CNC(=O)[C@@H](CCCN=C(N)N)NC(=O)C(c2ccccc2)c2ccccc2)cc1. The molecule has 236 valence electrons. The Hall–Kier alpha value is -5.90. The molecule has 10 N–H and O–H groups in total. The van der Waals surface area contributed by atoms with Crippen molar-refractivity contribution in [2.24, 2.45) is 27.2 Å². The molecule has 1 atom stereocenters. The highest BCUT2D eigenvalue weighted by molar-refractivity contribution is 5.92. The molecule has 2 amide bonds. The van der Waals surface area contributed by atoms with Crippen molar-refractivity contribution >= 4 is 29.7 Å². The van der Waals surface area contributed by atoms with Crippen LogP contribution in [0.3, 0.4) is 0 Å². The summed E-state index contributed by atoms with van der Waals surface area (Å²) in [6.45, 7) is 1.99. The van der Waals surface area contributed by atoms with Gasteiger partial charge in [0.2, 0.25) is 17.8 Å². The van der Waals surface area contributed by atoms with Crippen molar-refractivity contribution in [2.75, 3.05) is 6.54 Å². The van der Waals surface area contributed by atoms with Crippen molar-refractivity contribution in [1.29, 1.82) is 5.26 Å². The van der Waals surface area contributed by atoms with Crippen LogP contribution in [0, 0.1) is 11.5 Å². The molecule has 45 heavy (non-hydrogen) atoms. The summed E-state index contributed by atoms with van der Waals surface area (Å²) in [5.74, 6) is -2.00. The Morgan fingerprint density at radius 3 is 1.89 bits per heavy atom. The zero-order valence-corrected chi connectivity index (χ0v) is 25.0. The lowest BCUT2D eigenvalue weighted by Crippen LogP contribution is -2.48. The quantitative estimate of drug-likeness (QED) is 0.0487. The van der Waals surface area contributed by atoms with Gasteiger partial charge >= 0.3 is 0 Å². The number of carboxylic acids is 1. The van der Waals surface area contributed by atoms with E-state index in [1.54, 1.807) is 6.19 Å². The van der Waals surface area contributed by atoms with Crippen molar-refractivity contribution in [3.8, 4) is 6.19 Å². The molecule has 13 nitrogen and oxygen atoms in total. The number of carbonyl (C=O) groups is 3. The maximum absolute atomic E-state index is 13.7. The molecule has 0 aliphatic heterocycles. The van der Waals surface area contributed by atoms with Crippen molar-refractivity contribution in [3.05, 3.63) is 107 Å². The number of hydrogen-bond donors (Lipinski definition) is 7. The molecule has 0 radical (unpaired) electrons. The molecule has 0 bridgehead atoms. The molecule has 13 heteroatoms. The molecule has 0 unspecified atom stereocenters. The first-order valence-corrected chi connectivity index (χ1v) is 14.1. The largest absolute Gasteiger partial charge is 0.481 e. The first kappa shape index (κ1) is 35.3. The Morgan fingerprint density at radius 1 is 0.844 bits per heavy atom. The molecule has 3 aromatic carbocycles. The van der Waals surface area contributed by atoms with Gasteiger partial charge in [0.25, 0.3) is 5.97 Å². The van der Waals surface area contributed by atoms with Gasteiger partial charge in [0.05, 0.1) is 12.5 Å². The predicted octanol–water partition coefficient (Wildman–Crippen LogP) is 1.65. The van der Waals surface area contributed by atoms with E-state index in [1.165, 1.54) is 0 Å². The van der Waals surface area contributed by atoms with Gasteiger partial charge in [-0.2, -0.15) is 5.26 Å². The van der Waals surface area contributed by atoms with Gasteiger partial charge in [-0.1, -0.05) is 84.9 Å². The molecule has 0 saturated carbocycles. The number of carbonyl (C=O) groups excluding carboxylic acids is 2. The molecule has 0 fully saturated rings. The van der Waals surface area contributed by atoms with Crippen LogP contribution >= 0.6 is 0 Å². The Balaban J connectivity index is 0.00000166. The number of benzene rings is 3. The third-order valence-electron chi connectivity index (χ3n) is 6.21. The van der Waals surface area contributed by atoms with E-state index in [9.17, 15) is 9.59 Å². The summed E-state index contributed by atoms with van der Waals surface area (Å²) in [6, 6.07) is 25.6. The van der Waals surface area contributed by atoms with Crippen molar-refractivity contribution in [1.82, 2.24) is 16.0 Å². The molecule has 0 aromatic heterocycles. The van der Waals surface area contributed by atoms with Crippen LogP contribution in [0.1, 0.15) is 47.9 Å². The highest BCUT2D eigenvalue weighted by Gasteiger charge is 2.27. The molecule has 0 heterocycles. The first-order valence-electron chi connectivity index (χ1n) is 14.1. The van der Waals surface area contributed by atoms with Crippen LogP contribution in [0.2, 0.25) is 0 Å². The molecule has 0 aliphatic carbocycles. The van der Waals surface area contributed by atoms with Crippen molar-refractivity contribution in [2.45, 2.75) is 44.8 Å². The topological polar surface area (TPSA) is 234 Å². The zero-order chi connectivity index (χ0) is 33.0. The minimum Gasteiger partial charge on any atom is -0.481 e. The van der Waals surface area contributed by atoms with Crippen LogP contribution in [-0.2, 0) is 27.5 Å². The van der Waals surface area contributed by atoms with E-state index in [2.05, 4.69) is 25.9 Å². The van der Waals surface area contributed by atoms with E-state index >= 15 is 0 Å². The second kappa shape index (κ2) is 19.3. The first-order chi connectivity index (χ1) is 21.6. The number of aliphatic carboxylic acids is 1. The van der Waals surface area contributed by atoms with Gasteiger partial charge in [-0.05, 0) is 35.1 Å². The van der Waals surface area contributed by atoms with Gasteiger partial charge in [-0.15, -0.1) is 0 Å². The lowest BCUT2D eigenvalue weighted by molar-refractivity contribution is -0.134. The van der Waals surface area contributed by atoms with Crippen LogP contribution in [0.15, 0.2) is 94.9 Å². The summed E-state index contributed by atoms with van der Waals surface area (Å²) in [7, 11) is 0. The van der Waals surface area contributed by atoms with Crippen molar-refractivity contribution < 1.29 is 19.5 Å². The summed E-state index contributed by atoms with van der Waals surface area (Å²) in [5, 5.41) is 24.2. The van der Waals surface area contributed by atoms with E-state index in [4.69, 9.17) is 32.4 Å². The molecular formula is C32H39N9O4.